The Balaban J connectivity index is 1.60. The van der Waals surface area contributed by atoms with Crippen molar-refractivity contribution in [2.24, 2.45) is 5.92 Å². The second-order valence-corrected chi connectivity index (χ2v) is 6.52. The maximum atomic E-state index is 3.58. The summed E-state index contributed by atoms with van der Waals surface area (Å²) in [7, 11) is 0. The molecule has 1 saturated heterocycles. The Hall–Kier alpha value is -0.340. The second kappa shape index (κ2) is 8.76. The van der Waals surface area contributed by atoms with E-state index in [0.717, 1.165) is 5.92 Å². The van der Waals surface area contributed by atoms with Gasteiger partial charge in [-0.2, -0.15) is 0 Å². The molecule has 1 fully saturated rings. The number of unbranched alkanes of at least 4 members (excludes halogenated alkanes) is 1. The van der Waals surface area contributed by atoms with E-state index in [-0.39, 0.29) is 0 Å². The summed E-state index contributed by atoms with van der Waals surface area (Å²) in [5, 5.41) is 1.17. The van der Waals surface area contributed by atoms with Crippen LogP contribution in [0, 0.1) is 5.92 Å². The minimum absolute atomic E-state index is 0.933. The third-order valence-corrected chi connectivity index (χ3v) is 4.61. The minimum Gasteiger partial charge on any atom is -0.303 e. The molecule has 1 aromatic rings. The quantitative estimate of drug-likeness (QED) is 0.527. The van der Waals surface area contributed by atoms with Gasteiger partial charge in [0.2, 0.25) is 0 Å². The average Bonchev–Trinajstić information content (AvgIpc) is 2.46. The van der Waals surface area contributed by atoms with E-state index in [2.05, 4.69) is 51.2 Å². The average molecular weight is 324 g/mol. The summed E-state index contributed by atoms with van der Waals surface area (Å²) >= 11 is 3.58. The summed E-state index contributed by atoms with van der Waals surface area (Å²) in [4.78, 5) is 2.68. The number of halogens is 1. The van der Waals surface area contributed by atoms with E-state index in [1.807, 2.05) is 0 Å². The van der Waals surface area contributed by atoms with Gasteiger partial charge in [-0.3, -0.25) is 0 Å². The van der Waals surface area contributed by atoms with Gasteiger partial charge in [-0.15, -0.1) is 0 Å². The number of rotatable bonds is 7. The number of aryl methyl sites for hydroxylation is 1. The number of piperidine rings is 1. The normalized spacial score (nSPS) is 20.6. The molecular weight excluding hydrogens is 298 g/mol. The smallest absolute Gasteiger partial charge is 0.00344 e. The largest absolute Gasteiger partial charge is 0.303 e. The third kappa shape index (κ3) is 5.66. The number of hydrogen-bond donors (Lipinski definition) is 0. The van der Waals surface area contributed by atoms with Crippen molar-refractivity contribution >= 4 is 15.9 Å². The van der Waals surface area contributed by atoms with Gasteiger partial charge >= 0.3 is 0 Å². The maximum absolute atomic E-state index is 3.58. The number of benzene rings is 1. The van der Waals surface area contributed by atoms with Gasteiger partial charge in [0.25, 0.3) is 0 Å². The highest BCUT2D eigenvalue weighted by Gasteiger charge is 2.18. The van der Waals surface area contributed by atoms with Crippen LogP contribution in [0.4, 0.5) is 0 Å². The lowest BCUT2D eigenvalue weighted by molar-refractivity contribution is 0.170. The molecule has 0 aliphatic carbocycles. The molecule has 0 bridgehead atoms. The van der Waals surface area contributed by atoms with Gasteiger partial charge in [0, 0.05) is 11.9 Å². The molecule has 0 radical (unpaired) electrons. The molecule has 1 aliphatic rings. The summed E-state index contributed by atoms with van der Waals surface area (Å²) in [6, 6.07) is 10.9. The number of alkyl halides is 1. The lowest BCUT2D eigenvalue weighted by Crippen LogP contribution is -2.36. The fraction of sp³-hybridized carbons (Fsp3) is 0.647. The van der Waals surface area contributed by atoms with Gasteiger partial charge in [0.05, 0.1) is 0 Å². The standard InChI is InChI=1S/C17H26BrN/c18-12-11-17-10-6-14-19(15-17)13-5-4-9-16-7-2-1-3-8-16/h1-3,7-8,17H,4-6,9-15H2. The Kier molecular flexibility index (Phi) is 6.94. The lowest BCUT2D eigenvalue weighted by atomic mass is 9.95. The van der Waals surface area contributed by atoms with Crippen LogP contribution in [0.15, 0.2) is 30.3 Å². The van der Waals surface area contributed by atoms with E-state index in [4.69, 9.17) is 0 Å². The summed E-state index contributed by atoms with van der Waals surface area (Å²) in [5.41, 5.74) is 1.48. The fourth-order valence-electron chi connectivity index (χ4n) is 3.05. The monoisotopic (exact) mass is 323 g/mol. The molecule has 0 aromatic heterocycles. The van der Waals surface area contributed by atoms with Crippen molar-refractivity contribution < 1.29 is 0 Å². The van der Waals surface area contributed by atoms with Crippen LogP contribution in [0.1, 0.15) is 37.7 Å². The molecule has 1 heterocycles. The summed E-state index contributed by atoms with van der Waals surface area (Å²) in [6.07, 6.45) is 8.09. The highest BCUT2D eigenvalue weighted by molar-refractivity contribution is 9.09. The Labute approximate surface area is 126 Å². The fourth-order valence-corrected chi connectivity index (χ4v) is 3.70. The number of likely N-dealkylation sites (tertiary alicyclic amines) is 1. The van der Waals surface area contributed by atoms with E-state index in [9.17, 15) is 0 Å². The first-order valence-corrected chi connectivity index (χ1v) is 8.83. The molecule has 1 unspecified atom stereocenters. The topological polar surface area (TPSA) is 3.24 Å². The maximum Gasteiger partial charge on any atom is 0.00344 e. The van der Waals surface area contributed by atoms with E-state index >= 15 is 0 Å². The zero-order valence-electron chi connectivity index (χ0n) is 11.9. The number of nitrogens with zero attached hydrogens (tertiary/aromatic N) is 1. The molecule has 2 rings (SSSR count). The molecule has 1 aromatic carbocycles. The van der Waals surface area contributed by atoms with Crippen molar-refractivity contribution in [3.63, 3.8) is 0 Å². The SMILES string of the molecule is BrCCC1CCCN(CCCCc2ccccc2)C1. The van der Waals surface area contributed by atoms with Crippen LogP contribution in [0.3, 0.4) is 0 Å². The van der Waals surface area contributed by atoms with Crippen LogP contribution in [0.5, 0.6) is 0 Å². The van der Waals surface area contributed by atoms with Crippen LogP contribution in [-0.2, 0) is 6.42 Å². The molecule has 0 amide bonds. The summed E-state index contributed by atoms with van der Waals surface area (Å²) < 4.78 is 0. The molecule has 106 valence electrons. The zero-order valence-corrected chi connectivity index (χ0v) is 13.4. The Morgan fingerprint density at radius 3 is 2.79 bits per heavy atom. The highest BCUT2D eigenvalue weighted by Crippen LogP contribution is 2.20. The van der Waals surface area contributed by atoms with Gasteiger partial charge in [0.1, 0.15) is 0 Å². The van der Waals surface area contributed by atoms with Crippen LogP contribution in [0.25, 0.3) is 0 Å². The lowest BCUT2D eigenvalue weighted by Gasteiger charge is -2.32. The molecule has 2 heteroatoms. The molecule has 0 N–H and O–H groups in total. The van der Waals surface area contributed by atoms with Crippen LogP contribution < -0.4 is 0 Å². The first kappa shape index (κ1) is 15.1. The third-order valence-electron chi connectivity index (χ3n) is 4.15. The van der Waals surface area contributed by atoms with Crippen LogP contribution in [-0.4, -0.2) is 29.9 Å². The van der Waals surface area contributed by atoms with Crippen LogP contribution >= 0.6 is 15.9 Å². The van der Waals surface area contributed by atoms with Crippen molar-refractivity contribution in [3.8, 4) is 0 Å². The predicted molar refractivity (Wildman–Crippen MR) is 87.0 cm³/mol. The Morgan fingerprint density at radius 1 is 1.16 bits per heavy atom. The first-order valence-electron chi connectivity index (χ1n) is 7.70. The van der Waals surface area contributed by atoms with Gasteiger partial charge in [-0.25, -0.2) is 0 Å². The molecule has 0 saturated carbocycles. The van der Waals surface area contributed by atoms with Gasteiger partial charge in [-0.05, 0) is 63.1 Å². The molecule has 1 atom stereocenters. The second-order valence-electron chi connectivity index (χ2n) is 5.73. The van der Waals surface area contributed by atoms with E-state index < -0.39 is 0 Å². The summed E-state index contributed by atoms with van der Waals surface area (Å²) in [5.74, 6) is 0.933. The molecule has 1 aliphatic heterocycles. The van der Waals surface area contributed by atoms with Crippen LogP contribution in [0.2, 0.25) is 0 Å². The van der Waals surface area contributed by atoms with Crippen molar-refractivity contribution in [1.29, 1.82) is 0 Å². The van der Waals surface area contributed by atoms with Gasteiger partial charge in [-0.1, -0.05) is 46.3 Å². The van der Waals surface area contributed by atoms with Crippen molar-refractivity contribution in [2.75, 3.05) is 25.0 Å². The number of hydrogen-bond acceptors (Lipinski definition) is 1. The molecule has 19 heavy (non-hydrogen) atoms. The van der Waals surface area contributed by atoms with Crippen molar-refractivity contribution in [2.45, 2.75) is 38.5 Å². The predicted octanol–water partition coefficient (Wildman–Crippen LogP) is 4.51. The van der Waals surface area contributed by atoms with Crippen molar-refractivity contribution in [3.05, 3.63) is 35.9 Å². The van der Waals surface area contributed by atoms with E-state index in [0.29, 0.717) is 0 Å². The molecule has 0 spiro atoms. The van der Waals surface area contributed by atoms with Gasteiger partial charge in [0.15, 0.2) is 0 Å². The minimum atomic E-state index is 0.933. The highest BCUT2D eigenvalue weighted by atomic mass is 79.9. The first-order chi connectivity index (χ1) is 9.38. The zero-order chi connectivity index (χ0) is 13.3. The van der Waals surface area contributed by atoms with Gasteiger partial charge < -0.3 is 4.90 Å². The Bertz CT molecular complexity index is 336. The van der Waals surface area contributed by atoms with E-state index in [1.165, 1.54) is 69.1 Å². The van der Waals surface area contributed by atoms with E-state index in [1.54, 1.807) is 0 Å². The summed E-state index contributed by atoms with van der Waals surface area (Å²) in [6.45, 7) is 3.95. The molecular formula is C17H26BrN. The van der Waals surface area contributed by atoms with Crippen molar-refractivity contribution in [1.82, 2.24) is 4.90 Å². The molecule has 1 nitrogen and oxygen atoms in total. The Morgan fingerprint density at radius 2 is 2.00 bits per heavy atom.